The topological polar surface area (TPSA) is 20.2 Å². The lowest BCUT2D eigenvalue weighted by atomic mass is 9.75. The number of aliphatic hydroxyl groups is 1. The Bertz CT molecular complexity index is 215. The molecule has 0 saturated carbocycles. The van der Waals surface area contributed by atoms with Crippen LogP contribution in [0.15, 0.2) is 11.6 Å². The number of allylic oxidation sites excluding steroid dienone is 1. The van der Waals surface area contributed by atoms with Crippen molar-refractivity contribution in [3.63, 3.8) is 0 Å². The van der Waals surface area contributed by atoms with Crippen LogP contribution in [0.1, 0.15) is 65.7 Å². The molecule has 1 aliphatic carbocycles. The van der Waals surface area contributed by atoms with E-state index in [1.165, 1.54) is 44.1 Å². The van der Waals surface area contributed by atoms with Gasteiger partial charge in [0.15, 0.2) is 0 Å². The van der Waals surface area contributed by atoms with Gasteiger partial charge in [-0.2, -0.15) is 0 Å². The molecule has 0 aromatic carbocycles. The van der Waals surface area contributed by atoms with Crippen LogP contribution < -0.4 is 0 Å². The maximum atomic E-state index is 9.74. The molecule has 1 atom stereocenters. The van der Waals surface area contributed by atoms with Crippen molar-refractivity contribution in [2.75, 3.05) is 0 Å². The molecule has 0 saturated heterocycles. The van der Waals surface area contributed by atoms with Crippen molar-refractivity contribution < 1.29 is 5.11 Å². The number of unbranched alkanes of at least 4 members (excludes halogenated alkanes) is 3. The van der Waals surface area contributed by atoms with Crippen LogP contribution >= 0.6 is 0 Å². The van der Waals surface area contributed by atoms with Crippen LogP contribution in [0.4, 0.5) is 0 Å². The normalized spacial score (nSPS) is 25.1. The van der Waals surface area contributed by atoms with Crippen LogP contribution in [0.3, 0.4) is 0 Å². The lowest BCUT2D eigenvalue weighted by Crippen LogP contribution is -2.24. The van der Waals surface area contributed by atoms with E-state index in [0.29, 0.717) is 5.41 Å². The summed E-state index contributed by atoms with van der Waals surface area (Å²) < 4.78 is 0. The number of hydrogen-bond donors (Lipinski definition) is 1. The van der Waals surface area contributed by atoms with Gasteiger partial charge in [0.05, 0.1) is 6.10 Å². The molecule has 0 aromatic heterocycles. The summed E-state index contributed by atoms with van der Waals surface area (Å²) in [6.45, 7) is 6.76. The number of rotatable bonds is 5. The molecular weight excluding hydrogens is 184 g/mol. The average Bonchev–Trinajstić information content (AvgIpc) is 2.09. The van der Waals surface area contributed by atoms with Crippen molar-refractivity contribution in [2.24, 2.45) is 5.41 Å². The summed E-state index contributed by atoms with van der Waals surface area (Å²) in [6, 6.07) is 0. The Balaban J connectivity index is 2.34. The zero-order valence-corrected chi connectivity index (χ0v) is 10.6. The van der Waals surface area contributed by atoms with Gasteiger partial charge in [0, 0.05) is 0 Å². The molecule has 1 nitrogen and oxygen atoms in total. The standard InChI is InChI=1S/C14H26O/c1-4-5-6-7-8-12-9-13(15)11-14(2,3)10-12/h9,13,15H,4-8,10-11H2,1-3H3. The van der Waals surface area contributed by atoms with Gasteiger partial charge >= 0.3 is 0 Å². The van der Waals surface area contributed by atoms with Gasteiger partial charge < -0.3 is 5.11 Å². The summed E-state index contributed by atoms with van der Waals surface area (Å²) >= 11 is 0. The minimum Gasteiger partial charge on any atom is -0.389 e. The Morgan fingerprint density at radius 3 is 2.67 bits per heavy atom. The first-order chi connectivity index (χ1) is 7.03. The molecule has 88 valence electrons. The summed E-state index contributed by atoms with van der Waals surface area (Å²) in [5.74, 6) is 0. The summed E-state index contributed by atoms with van der Waals surface area (Å²) in [6.07, 6.45) is 10.5. The van der Waals surface area contributed by atoms with Gasteiger partial charge in [-0.1, -0.05) is 51.7 Å². The Morgan fingerprint density at radius 1 is 1.33 bits per heavy atom. The highest BCUT2D eigenvalue weighted by Gasteiger charge is 2.26. The van der Waals surface area contributed by atoms with E-state index in [1.807, 2.05) is 0 Å². The summed E-state index contributed by atoms with van der Waals surface area (Å²) in [4.78, 5) is 0. The van der Waals surface area contributed by atoms with Crippen molar-refractivity contribution in [3.8, 4) is 0 Å². The van der Waals surface area contributed by atoms with Crippen LogP contribution in [-0.4, -0.2) is 11.2 Å². The first-order valence-corrected chi connectivity index (χ1v) is 6.41. The highest BCUT2D eigenvalue weighted by Crippen LogP contribution is 2.37. The second-order valence-corrected chi connectivity index (χ2v) is 5.75. The van der Waals surface area contributed by atoms with E-state index in [9.17, 15) is 5.11 Å². The fourth-order valence-electron chi connectivity index (χ4n) is 2.59. The fourth-order valence-corrected chi connectivity index (χ4v) is 2.59. The quantitative estimate of drug-likeness (QED) is 0.536. The minimum atomic E-state index is -0.199. The van der Waals surface area contributed by atoms with E-state index in [2.05, 4.69) is 26.8 Å². The van der Waals surface area contributed by atoms with Crippen molar-refractivity contribution in [3.05, 3.63) is 11.6 Å². The maximum absolute atomic E-state index is 9.74. The van der Waals surface area contributed by atoms with Crippen LogP contribution in [-0.2, 0) is 0 Å². The van der Waals surface area contributed by atoms with Crippen LogP contribution in [0.5, 0.6) is 0 Å². The molecule has 1 aliphatic rings. The zero-order chi connectivity index (χ0) is 11.3. The second kappa shape index (κ2) is 5.69. The van der Waals surface area contributed by atoms with Gasteiger partial charge in [-0.05, 0) is 31.1 Å². The van der Waals surface area contributed by atoms with E-state index in [0.717, 1.165) is 6.42 Å². The molecule has 1 heteroatoms. The zero-order valence-electron chi connectivity index (χ0n) is 10.6. The predicted molar refractivity (Wildman–Crippen MR) is 65.9 cm³/mol. The van der Waals surface area contributed by atoms with Crippen LogP contribution in [0, 0.1) is 5.41 Å². The maximum Gasteiger partial charge on any atom is 0.0728 e. The Labute approximate surface area is 94.6 Å². The predicted octanol–water partition coefficient (Wildman–Crippen LogP) is 4.06. The fraction of sp³-hybridized carbons (Fsp3) is 0.857. The molecule has 0 radical (unpaired) electrons. The van der Waals surface area contributed by atoms with Crippen LogP contribution in [0.2, 0.25) is 0 Å². The lowest BCUT2D eigenvalue weighted by molar-refractivity contribution is 0.137. The van der Waals surface area contributed by atoms with Gasteiger partial charge in [0.25, 0.3) is 0 Å². The van der Waals surface area contributed by atoms with Crippen LogP contribution in [0.25, 0.3) is 0 Å². The molecule has 0 spiro atoms. The molecule has 0 heterocycles. The van der Waals surface area contributed by atoms with E-state index >= 15 is 0 Å². The molecule has 15 heavy (non-hydrogen) atoms. The molecule has 0 fully saturated rings. The third-order valence-corrected chi connectivity index (χ3v) is 3.25. The summed E-state index contributed by atoms with van der Waals surface area (Å²) in [5, 5.41) is 9.74. The van der Waals surface area contributed by atoms with Crippen molar-refractivity contribution >= 4 is 0 Å². The molecule has 0 aliphatic heterocycles. The average molecular weight is 210 g/mol. The van der Waals surface area contributed by atoms with Crippen molar-refractivity contribution in [1.82, 2.24) is 0 Å². The summed E-state index contributed by atoms with van der Waals surface area (Å²) in [7, 11) is 0. The minimum absolute atomic E-state index is 0.199. The first kappa shape index (κ1) is 12.8. The largest absolute Gasteiger partial charge is 0.389 e. The van der Waals surface area contributed by atoms with Gasteiger partial charge in [0.2, 0.25) is 0 Å². The Hall–Kier alpha value is -0.300. The van der Waals surface area contributed by atoms with Gasteiger partial charge in [-0.3, -0.25) is 0 Å². The van der Waals surface area contributed by atoms with Crippen molar-refractivity contribution in [2.45, 2.75) is 71.8 Å². The van der Waals surface area contributed by atoms with Gasteiger partial charge in [-0.25, -0.2) is 0 Å². The molecule has 1 rings (SSSR count). The number of hydrogen-bond acceptors (Lipinski definition) is 1. The van der Waals surface area contributed by atoms with E-state index in [-0.39, 0.29) is 6.10 Å². The Morgan fingerprint density at radius 2 is 2.07 bits per heavy atom. The molecule has 1 N–H and O–H groups in total. The van der Waals surface area contributed by atoms with Gasteiger partial charge in [0.1, 0.15) is 0 Å². The monoisotopic (exact) mass is 210 g/mol. The molecule has 0 bridgehead atoms. The van der Waals surface area contributed by atoms with Crippen molar-refractivity contribution in [1.29, 1.82) is 0 Å². The van der Waals surface area contributed by atoms with E-state index in [4.69, 9.17) is 0 Å². The first-order valence-electron chi connectivity index (χ1n) is 6.41. The third-order valence-electron chi connectivity index (χ3n) is 3.25. The summed E-state index contributed by atoms with van der Waals surface area (Å²) in [5.41, 5.74) is 1.78. The van der Waals surface area contributed by atoms with E-state index < -0.39 is 0 Å². The molecule has 0 aromatic rings. The third kappa shape index (κ3) is 4.83. The Kier molecular flexibility index (Phi) is 4.85. The molecule has 1 unspecified atom stereocenters. The van der Waals surface area contributed by atoms with Gasteiger partial charge in [-0.15, -0.1) is 0 Å². The molecule has 0 amide bonds. The highest BCUT2D eigenvalue weighted by atomic mass is 16.3. The number of aliphatic hydroxyl groups excluding tert-OH is 1. The lowest BCUT2D eigenvalue weighted by Gasteiger charge is -2.32. The SMILES string of the molecule is CCCCCCC1=CC(O)CC(C)(C)C1. The highest BCUT2D eigenvalue weighted by molar-refractivity contribution is 5.12. The smallest absolute Gasteiger partial charge is 0.0728 e. The second-order valence-electron chi connectivity index (χ2n) is 5.75. The molecular formula is C14H26O. The van der Waals surface area contributed by atoms with E-state index in [1.54, 1.807) is 0 Å².